The molecule has 20 heavy (non-hydrogen) atoms. The Morgan fingerprint density at radius 3 is 2.60 bits per heavy atom. The maximum absolute atomic E-state index is 12.3. The number of rotatable bonds is 4. The highest BCUT2D eigenvalue weighted by molar-refractivity contribution is 9.10. The van der Waals surface area contributed by atoms with E-state index in [-0.39, 0.29) is 11.5 Å². The minimum absolute atomic E-state index is 0.135. The molecular weight excluding hydrogens is 342 g/mol. The molecule has 2 aromatic carbocycles. The first kappa shape index (κ1) is 15.0. The van der Waals surface area contributed by atoms with Gasteiger partial charge in [-0.15, -0.1) is 0 Å². The van der Waals surface area contributed by atoms with Gasteiger partial charge in [0.15, 0.2) is 0 Å². The molecule has 2 aromatic rings. The van der Waals surface area contributed by atoms with E-state index in [2.05, 4.69) is 20.7 Å². The Morgan fingerprint density at radius 2 is 1.95 bits per heavy atom. The van der Waals surface area contributed by atoms with Crippen molar-refractivity contribution >= 4 is 31.6 Å². The van der Waals surface area contributed by atoms with E-state index in [1.807, 2.05) is 6.92 Å². The third-order valence-electron chi connectivity index (χ3n) is 2.74. The molecule has 0 atom stereocenters. The van der Waals surface area contributed by atoms with Crippen molar-refractivity contribution in [2.24, 2.45) is 0 Å². The number of benzene rings is 2. The van der Waals surface area contributed by atoms with E-state index in [9.17, 15) is 8.42 Å². The molecule has 2 N–H and O–H groups in total. The molecule has 6 heteroatoms. The van der Waals surface area contributed by atoms with Crippen LogP contribution in [0.3, 0.4) is 0 Å². The SMILES string of the molecule is Cc1ccc(S(=O)(=O)Nc2cccc(CO)c2)c(Br)c1. The molecule has 0 spiro atoms. The minimum Gasteiger partial charge on any atom is -0.392 e. The van der Waals surface area contributed by atoms with Crippen LogP contribution in [0.25, 0.3) is 0 Å². The van der Waals surface area contributed by atoms with Gasteiger partial charge in [-0.1, -0.05) is 18.2 Å². The third kappa shape index (κ3) is 3.39. The molecule has 0 radical (unpaired) electrons. The lowest BCUT2D eigenvalue weighted by Crippen LogP contribution is -2.13. The highest BCUT2D eigenvalue weighted by Crippen LogP contribution is 2.25. The average Bonchev–Trinajstić information content (AvgIpc) is 2.37. The lowest BCUT2D eigenvalue weighted by Gasteiger charge is -2.11. The minimum atomic E-state index is -3.66. The molecule has 0 unspecified atom stereocenters. The Hall–Kier alpha value is -1.37. The summed E-state index contributed by atoms with van der Waals surface area (Å²) >= 11 is 3.27. The van der Waals surface area contributed by atoms with Crippen LogP contribution in [0.2, 0.25) is 0 Å². The summed E-state index contributed by atoms with van der Waals surface area (Å²) in [6.45, 7) is 1.75. The standard InChI is InChI=1S/C14H14BrNO3S/c1-10-5-6-14(13(15)7-10)20(18,19)16-12-4-2-3-11(8-12)9-17/h2-8,16-17H,9H2,1H3. The van der Waals surface area contributed by atoms with Crippen LogP contribution >= 0.6 is 15.9 Å². The molecule has 0 amide bonds. The average molecular weight is 356 g/mol. The number of nitrogens with one attached hydrogen (secondary N) is 1. The van der Waals surface area contributed by atoms with Crippen LogP contribution in [-0.4, -0.2) is 13.5 Å². The Balaban J connectivity index is 2.35. The van der Waals surface area contributed by atoms with Gasteiger partial charge in [0.05, 0.1) is 6.61 Å². The second-order valence-corrected chi connectivity index (χ2v) is 6.90. The normalized spacial score (nSPS) is 11.3. The fraction of sp³-hybridized carbons (Fsp3) is 0.143. The summed E-state index contributed by atoms with van der Waals surface area (Å²) in [7, 11) is -3.66. The molecule has 0 aliphatic heterocycles. The zero-order valence-electron chi connectivity index (χ0n) is 10.8. The Kier molecular flexibility index (Phi) is 4.47. The van der Waals surface area contributed by atoms with Gasteiger partial charge < -0.3 is 5.11 Å². The number of aliphatic hydroxyl groups is 1. The largest absolute Gasteiger partial charge is 0.392 e. The maximum atomic E-state index is 12.3. The van der Waals surface area contributed by atoms with Crippen molar-refractivity contribution in [2.45, 2.75) is 18.4 Å². The molecular formula is C14H14BrNO3S. The number of aliphatic hydroxyl groups excluding tert-OH is 1. The van der Waals surface area contributed by atoms with Crippen molar-refractivity contribution in [3.8, 4) is 0 Å². The predicted molar refractivity (Wildman–Crippen MR) is 82.1 cm³/mol. The van der Waals surface area contributed by atoms with E-state index in [1.54, 1.807) is 42.5 Å². The molecule has 0 bridgehead atoms. The van der Waals surface area contributed by atoms with Crippen LogP contribution in [0.15, 0.2) is 51.8 Å². The van der Waals surface area contributed by atoms with Crippen LogP contribution in [0.4, 0.5) is 5.69 Å². The van der Waals surface area contributed by atoms with Gasteiger partial charge in [-0.25, -0.2) is 8.42 Å². The molecule has 0 heterocycles. The lowest BCUT2D eigenvalue weighted by atomic mass is 10.2. The van der Waals surface area contributed by atoms with Crippen LogP contribution in [0.5, 0.6) is 0 Å². The van der Waals surface area contributed by atoms with Gasteiger partial charge in [0, 0.05) is 10.2 Å². The predicted octanol–water partition coefficient (Wildman–Crippen LogP) is 3.05. The monoisotopic (exact) mass is 355 g/mol. The topological polar surface area (TPSA) is 66.4 Å². The van der Waals surface area contributed by atoms with Crippen molar-refractivity contribution in [1.29, 1.82) is 0 Å². The molecule has 0 aromatic heterocycles. The van der Waals surface area contributed by atoms with Crippen LogP contribution in [0, 0.1) is 6.92 Å². The fourth-order valence-electron chi connectivity index (χ4n) is 1.77. The molecule has 0 saturated heterocycles. The molecule has 0 aliphatic carbocycles. The van der Waals surface area contributed by atoms with Crippen LogP contribution in [0.1, 0.15) is 11.1 Å². The van der Waals surface area contributed by atoms with Gasteiger partial charge >= 0.3 is 0 Å². The van der Waals surface area contributed by atoms with Gasteiger partial charge in [0.1, 0.15) is 4.90 Å². The molecule has 4 nitrogen and oxygen atoms in total. The smallest absolute Gasteiger partial charge is 0.263 e. The molecule has 0 fully saturated rings. The number of sulfonamides is 1. The summed E-state index contributed by atoms with van der Waals surface area (Å²) in [5.41, 5.74) is 2.04. The van der Waals surface area contributed by atoms with Gasteiger partial charge in [0.2, 0.25) is 0 Å². The summed E-state index contributed by atoms with van der Waals surface area (Å²) in [5.74, 6) is 0. The maximum Gasteiger partial charge on any atom is 0.263 e. The van der Waals surface area contributed by atoms with Crippen molar-refractivity contribution in [2.75, 3.05) is 4.72 Å². The zero-order valence-corrected chi connectivity index (χ0v) is 13.2. The van der Waals surface area contributed by atoms with E-state index >= 15 is 0 Å². The van der Waals surface area contributed by atoms with Gasteiger partial charge in [-0.05, 0) is 58.2 Å². The third-order valence-corrected chi connectivity index (χ3v) is 5.10. The summed E-state index contributed by atoms with van der Waals surface area (Å²) in [4.78, 5) is 0.178. The summed E-state index contributed by atoms with van der Waals surface area (Å²) in [5, 5.41) is 9.07. The van der Waals surface area contributed by atoms with Crippen LogP contribution < -0.4 is 4.72 Å². The van der Waals surface area contributed by atoms with E-state index in [0.29, 0.717) is 15.7 Å². The van der Waals surface area contributed by atoms with Crippen molar-refractivity contribution in [1.82, 2.24) is 0 Å². The number of hydrogen-bond donors (Lipinski definition) is 2. The van der Waals surface area contributed by atoms with Crippen molar-refractivity contribution in [3.05, 3.63) is 58.1 Å². The number of anilines is 1. The Morgan fingerprint density at radius 1 is 1.20 bits per heavy atom. The van der Waals surface area contributed by atoms with Gasteiger partial charge in [-0.3, -0.25) is 4.72 Å². The summed E-state index contributed by atoms with van der Waals surface area (Å²) in [6, 6.07) is 11.7. The molecule has 0 saturated carbocycles. The van der Waals surface area contributed by atoms with Gasteiger partial charge in [-0.2, -0.15) is 0 Å². The Labute approximate surface area is 126 Å². The van der Waals surface area contributed by atoms with E-state index in [0.717, 1.165) is 5.56 Å². The number of aryl methyl sites for hydroxylation is 1. The number of halogens is 1. The molecule has 106 valence electrons. The Bertz CT molecular complexity index is 729. The summed E-state index contributed by atoms with van der Waals surface area (Å²) < 4.78 is 27.7. The van der Waals surface area contributed by atoms with E-state index < -0.39 is 10.0 Å². The van der Waals surface area contributed by atoms with E-state index in [4.69, 9.17) is 5.11 Å². The van der Waals surface area contributed by atoms with E-state index in [1.165, 1.54) is 0 Å². The first-order valence-electron chi connectivity index (χ1n) is 5.91. The summed E-state index contributed by atoms with van der Waals surface area (Å²) in [6.07, 6.45) is 0. The van der Waals surface area contributed by atoms with Crippen LogP contribution in [-0.2, 0) is 16.6 Å². The quantitative estimate of drug-likeness (QED) is 0.885. The fourth-order valence-corrected chi connectivity index (χ4v) is 4.01. The van der Waals surface area contributed by atoms with Gasteiger partial charge in [0.25, 0.3) is 10.0 Å². The first-order chi connectivity index (χ1) is 9.42. The molecule has 0 aliphatic rings. The van der Waals surface area contributed by atoms with Crippen molar-refractivity contribution in [3.63, 3.8) is 0 Å². The highest BCUT2D eigenvalue weighted by Gasteiger charge is 2.17. The molecule has 2 rings (SSSR count). The number of hydrogen-bond acceptors (Lipinski definition) is 3. The van der Waals surface area contributed by atoms with Crippen molar-refractivity contribution < 1.29 is 13.5 Å². The first-order valence-corrected chi connectivity index (χ1v) is 8.19. The highest BCUT2D eigenvalue weighted by atomic mass is 79.9. The second kappa shape index (κ2) is 5.95. The second-order valence-electron chi connectivity index (χ2n) is 4.40. The lowest BCUT2D eigenvalue weighted by molar-refractivity contribution is 0.282. The zero-order chi connectivity index (χ0) is 14.8.